The minimum absolute atomic E-state index is 0.0146. The molecule has 1 aromatic heterocycles. The molecule has 674 valence electrons. The average Bonchev–Trinajstić information content (AvgIpc) is 1.85. The van der Waals surface area contributed by atoms with Crippen molar-refractivity contribution in [3.05, 3.63) is 288 Å². The van der Waals surface area contributed by atoms with E-state index in [1.54, 1.807) is 37.4 Å². The number of H-pyrrole nitrogens is 1. The second-order valence-corrected chi connectivity index (χ2v) is 31.7. The summed E-state index contributed by atoms with van der Waals surface area (Å²) in [6, 6.07) is 63.9. The Morgan fingerprint density at radius 1 is 0.456 bits per heavy atom. The molecule has 4 aliphatic rings. The number of aromatic nitrogens is 1. The summed E-state index contributed by atoms with van der Waals surface area (Å²) in [5, 5.41) is 31.8. The zero-order valence-corrected chi connectivity index (χ0v) is 76.3. The molecule has 125 heavy (non-hydrogen) atoms. The second kappa shape index (κ2) is 58.6. The summed E-state index contributed by atoms with van der Waals surface area (Å²) in [6.45, 7) is 15.1. The van der Waals surface area contributed by atoms with Crippen molar-refractivity contribution in [1.29, 1.82) is 0 Å². The molecule has 0 bridgehead atoms. The molecule has 11 aromatic rings. The Labute approximate surface area is 755 Å². The van der Waals surface area contributed by atoms with Crippen molar-refractivity contribution in [3.8, 4) is 57.5 Å². The number of benzene rings is 10. The maximum absolute atomic E-state index is 12.0. The van der Waals surface area contributed by atoms with Crippen molar-refractivity contribution in [3.63, 3.8) is 0 Å². The molecule has 0 spiro atoms. The van der Waals surface area contributed by atoms with Crippen LogP contribution in [0.4, 0.5) is 5.69 Å². The number of anilines is 1. The van der Waals surface area contributed by atoms with Gasteiger partial charge in [0.15, 0.2) is 40.3 Å². The smallest absolute Gasteiger partial charge is 0.255 e. The molecule has 25 N–H and O–H groups in total. The van der Waals surface area contributed by atoms with Crippen molar-refractivity contribution in [2.24, 2.45) is 63.3 Å². The van der Waals surface area contributed by atoms with E-state index < -0.39 is 0 Å². The van der Waals surface area contributed by atoms with E-state index in [0.717, 1.165) is 152 Å². The van der Waals surface area contributed by atoms with Crippen LogP contribution in [0.25, 0.3) is 10.9 Å². The van der Waals surface area contributed by atoms with E-state index in [1.165, 1.54) is 78.6 Å². The number of carbonyl (C=O) groups excluding carboxylic acids is 2. The predicted molar refractivity (Wildman–Crippen MR) is 514 cm³/mol. The molecule has 1 aliphatic carbocycles. The van der Waals surface area contributed by atoms with Crippen LogP contribution in [-0.4, -0.2) is 131 Å². The van der Waals surface area contributed by atoms with E-state index in [0.29, 0.717) is 120 Å². The number of aromatic hydroxyl groups is 3. The van der Waals surface area contributed by atoms with Crippen LogP contribution in [0.15, 0.2) is 215 Å². The Balaban J connectivity index is 0.000000216. The number of ether oxygens (including phenoxy) is 7. The SMILES string of the molecule is CC(N)CC1CCCCC1.COc1ccc(CCN)cc1C(C)=O.Cc1cc(CCN)ccc1O.Cc1ccc(CCN)cc1O.NCCc1ccc(Br)c(O)c1.NCCc1ccc(NC(=O)c2ccccc2)c(Br)c1.NCCc1ccc2c(c1)OCCO2.NCCc1ccc2c(c1)OCO2.NCCc1ccc2cc[nH]c2c1.NCCc1cccc2c1OCO2. The standard InChI is InChI=1S/C15H15BrN2O.C11H15NO2.C10H12N2.C10H13NO2.2C9H11NO2.2C9H13NO.C9H19N.C8H10BrNO/c16-13-10-11(8-9-17)6-7-14(13)18-15(19)12-4-2-1-3-5-12;1-8(13)10-7-9(5-6-12)3-4-11(10)14-2;11-5-3-8-1-2-9-4-6-12-10(9)7-8;11-4-3-8-1-2-9-10(7-8)13-6-5-12-9;10-4-3-7-1-2-8-9(5-7)12-6-11-8;10-5-4-7-2-1-3-8-9(7)12-6-11-8;1-7-6-8(4-5-10)2-3-9(7)11;1-7-2-3-8(4-5-10)6-9(7)11;1-8(10)7-9-5-3-2-4-6-9;9-7-2-1-6(3-4-10)5-8(7)11/h1-7,10H,8-9,17H2,(H,18,19);3-4,7H,5-6,12H2,1-2H3;1-2,4,6-7,12H,3,5,11H2;1-2,7H,3-6,11H2;1-2,5H,3-4,6,10H2;1-3H,4-6,10H2;2*2-3,6,11H,4-5,10H2,1H3;8-9H,2-7,10H2,1H3;1-2,5,11H,3-4,10H2. The number of nitrogens with one attached hydrogen (secondary N) is 2. The lowest BCUT2D eigenvalue weighted by molar-refractivity contribution is 0.101. The molecule has 1 atom stereocenters. The molecule has 26 heteroatoms. The maximum atomic E-state index is 12.0. The fraction of sp³-hybridized carbons (Fsp3) is 0.354. The first-order valence-corrected chi connectivity index (χ1v) is 44.2. The van der Waals surface area contributed by atoms with E-state index in [9.17, 15) is 24.9 Å². The highest BCUT2D eigenvalue weighted by molar-refractivity contribution is 9.11. The number of Topliss-reactive ketones (excluding diaryl/α,β-unsaturated/α-hetero) is 1. The van der Waals surface area contributed by atoms with Crippen LogP contribution in [0, 0.1) is 19.8 Å². The van der Waals surface area contributed by atoms with Crippen molar-refractivity contribution < 1.29 is 58.1 Å². The summed E-state index contributed by atoms with van der Waals surface area (Å²) < 4.78 is 38.4. The summed E-state index contributed by atoms with van der Waals surface area (Å²) >= 11 is 6.66. The first kappa shape index (κ1) is 103. The number of nitrogens with two attached hydrogens (primary N) is 10. The van der Waals surface area contributed by atoms with Crippen LogP contribution in [0.3, 0.4) is 0 Å². The monoisotopic (exact) mass is 1840 g/mol. The minimum atomic E-state index is -0.118. The van der Waals surface area contributed by atoms with Crippen molar-refractivity contribution in [2.45, 2.75) is 130 Å². The number of aryl methyl sites for hydroxylation is 2. The molecule has 3 aliphatic heterocycles. The molecule has 10 aromatic carbocycles. The summed E-state index contributed by atoms with van der Waals surface area (Å²) in [5.41, 5.74) is 70.0. The van der Waals surface area contributed by atoms with Gasteiger partial charge in [0.2, 0.25) is 13.6 Å². The van der Waals surface area contributed by atoms with E-state index in [2.05, 4.69) is 73.3 Å². The number of aromatic amines is 1. The second-order valence-electron chi connectivity index (χ2n) is 30.0. The topological polar surface area (TPSA) is 447 Å². The van der Waals surface area contributed by atoms with Gasteiger partial charge in [0.05, 0.1) is 22.8 Å². The normalized spacial score (nSPS) is 12.4. The minimum Gasteiger partial charge on any atom is -0.508 e. The molecular weight excluding hydrogens is 1710 g/mol. The molecule has 24 nitrogen and oxygen atoms in total. The van der Waals surface area contributed by atoms with E-state index in [-0.39, 0.29) is 17.4 Å². The van der Waals surface area contributed by atoms with Crippen LogP contribution >= 0.6 is 31.9 Å². The van der Waals surface area contributed by atoms with Gasteiger partial charge in [-0.05, 0) is 358 Å². The number of hydrogen-bond donors (Lipinski definition) is 15. The van der Waals surface area contributed by atoms with E-state index in [4.69, 9.17) is 90.5 Å². The number of phenolic OH excluding ortho intramolecular Hbond substituents is 3. The van der Waals surface area contributed by atoms with Gasteiger partial charge in [-0.3, -0.25) is 9.59 Å². The van der Waals surface area contributed by atoms with Gasteiger partial charge in [-0.25, -0.2) is 0 Å². The summed E-state index contributed by atoms with van der Waals surface area (Å²) in [6.07, 6.45) is 18.1. The third-order valence-electron chi connectivity index (χ3n) is 20.0. The maximum Gasteiger partial charge on any atom is 0.255 e. The molecule has 1 amide bonds. The lowest BCUT2D eigenvalue weighted by Gasteiger charge is -2.22. The van der Waals surface area contributed by atoms with Crippen molar-refractivity contribution in [1.82, 2.24) is 4.98 Å². The first-order chi connectivity index (χ1) is 60.5. The molecule has 1 fully saturated rings. The van der Waals surface area contributed by atoms with Gasteiger partial charge >= 0.3 is 0 Å². The van der Waals surface area contributed by atoms with Gasteiger partial charge in [0.1, 0.15) is 36.2 Å². The van der Waals surface area contributed by atoms with Crippen molar-refractivity contribution in [2.75, 3.05) is 98.1 Å². The van der Waals surface area contributed by atoms with Gasteiger partial charge in [-0.2, -0.15) is 0 Å². The highest BCUT2D eigenvalue weighted by Gasteiger charge is 2.19. The van der Waals surface area contributed by atoms with Crippen LogP contribution in [0.1, 0.15) is 134 Å². The third-order valence-corrected chi connectivity index (χ3v) is 21.3. The number of fused-ring (bicyclic) bond motifs is 4. The Morgan fingerprint density at radius 2 is 0.936 bits per heavy atom. The van der Waals surface area contributed by atoms with Gasteiger partial charge in [-0.1, -0.05) is 129 Å². The fourth-order valence-electron chi connectivity index (χ4n) is 13.4. The zero-order chi connectivity index (χ0) is 90.7. The van der Waals surface area contributed by atoms with Crippen LogP contribution in [-0.2, 0) is 57.8 Å². The van der Waals surface area contributed by atoms with Crippen LogP contribution in [0.2, 0.25) is 0 Å². The molecule has 15 rings (SSSR count). The lowest BCUT2D eigenvalue weighted by atomic mass is 9.85. The number of phenols is 3. The number of para-hydroxylation sites is 1. The lowest BCUT2D eigenvalue weighted by Crippen LogP contribution is -2.20. The van der Waals surface area contributed by atoms with Crippen LogP contribution < -0.4 is 95.8 Å². The predicted octanol–water partition coefficient (Wildman–Crippen LogP) is 15.4. The number of ketones is 1. The Hall–Kier alpha value is -10.6. The van der Waals surface area contributed by atoms with Crippen molar-refractivity contribution >= 4 is 60.1 Å². The fourth-order valence-corrected chi connectivity index (χ4v) is 14.2. The number of methoxy groups -OCH3 is 1. The Kier molecular flexibility index (Phi) is 48.4. The summed E-state index contributed by atoms with van der Waals surface area (Å²) in [5.74, 6) is 7.50. The third kappa shape index (κ3) is 37.6. The Morgan fingerprint density at radius 3 is 1.50 bits per heavy atom. The molecule has 0 radical (unpaired) electrons. The quantitative estimate of drug-likeness (QED) is 0.0250. The van der Waals surface area contributed by atoms with Gasteiger partial charge in [-0.15, -0.1) is 0 Å². The molecule has 1 unspecified atom stereocenters. The zero-order valence-electron chi connectivity index (χ0n) is 73.1. The number of amides is 1. The number of rotatable bonds is 24. The molecule has 1 saturated carbocycles. The van der Waals surface area contributed by atoms with E-state index in [1.807, 2.05) is 166 Å². The first-order valence-electron chi connectivity index (χ1n) is 42.6. The molecule has 0 saturated heterocycles. The molecular formula is C99H132Br2N12O12. The van der Waals surface area contributed by atoms with E-state index >= 15 is 0 Å². The number of halogens is 2. The number of hydrogen-bond acceptors (Lipinski definition) is 22. The number of carbonyl (C=O) groups is 2. The molecule has 4 heterocycles. The van der Waals surface area contributed by atoms with Gasteiger partial charge in [0, 0.05) is 27.8 Å². The highest BCUT2D eigenvalue weighted by Crippen LogP contribution is 2.37. The largest absolute Gasteiger partial charge is 0.508 e. The van der Waals surface area contributed by atoms with Crippen LogP contribution in [0.5, 0.6) is 57.5 Å². The van der Waals surface area contributed by atoms with Gasteiger partial charge < -0.3 is 116 Å². The summed E-state index contributed by atoms with van der Waals surface area (Å²) in [7, 11) is 1.56. The highest BCUT2D eigenvalue weighted by atomic mass is 79.9. The Bertz CT molecular complexity index is 4850. The van der Waals surface area contributed by atoms with Gasteiger partial charge in [0.25, 0.3) is 5.91 Å². The summed E-state index contributed by atoms with van der Waals surface area (Å²) in [4.78, 5) is 26.5. The average molecular weight is 1840 g/mol.